The second kappa shape index (κ2) is 5.10. The van der Waals surface area contributed by atoms with Gasteiger partial charge in [0.2, 0.25) is 0 Å². The monoisotopic (exact) mass is 251 g/mol. The van der Waals surface area contributed by atoms with E-state index in [4.69, 9.17) is 0 Å². The lowest BCUT2D eigenvalue weighted by Crippen LogP contribution is -2.47. The normalized spacial score (nSPS) is 24.4. The highest BCUT2D eigenvalue weighted by molar-refractivity contribution is 5.93. The number of imidazole rings is 1. The molecule has 5 heteroatoms. The molecule has 0 aliphatic heterocycles. The van der Waals surface area contributed by atoms with E-state index in [0.29, 0.717) is 11.6 Å². The Kier molecular flexibility index (Phi) is 3.71. The molecule has 1 heterocycles. The molecule has 1 aromatic heterocycles. The summed E-state index contributed by atoms with van der Waals surface area (Å²) in [6.07, 6.45) is 3.95. The van der Waals surface area contributed by atoms with E-state index in [1.165, 1.54) is 0 Å². The van der Waals surface area contributed by atoms with E-state index in [9.17, 15) is 9.90 Å². The van der Waals surface area contributed by atoms with Gasteiger partial charge in [-0.1, -0.05) is 6.92 Å². The van der Waals surface area contributed by atoms with Gasteiger partial charge in [-0.25, -0.2) is 4.98 Å². The van der Waals surface area contributed by atoms with Crippen molar-refractivity contribution >= 4 is 5.91 Å². The molecule has 1 aromatic rings. The zero-order valence-corrected chi connectivity index (χ0v) is 11.2. The largest absolute Gasteiger partial charge is 0.393 e. The summed E-state index contributed by atoms with van der Waals surface area (Å²) in [7, 11) is 1.82. The van der Waals surface area contributed by atoms with Gasteiger partial charge in [-0.05, 0) is 32.1 Å². The van der Waals surface area contributed by atoms with E-state index >= 15 is 0 Å². The molecule has 1 amide bonds. The Morgan fingerprint density at radius 1 is 1.67 bits per heavy atom. The number of aryl methyl sites for hydroxylation is 2. The Balaban J connectivity index is 2.02. The molecular formula is C13H21N3O2. The minimum atomic E-state index is -0.181. The third-order valence-corrected chi connectivity index (χ3v) is 3.81. The molecule has 5 nitrogen and oxygen atoms in total. The fraction of sp³-hybridized carbons (Fsp3) is 0.692. The van der Waals surface area contributed by atoms with Gasteiger partial charge in [0.05, 0.1) is 18.1 Å². The molecule has 0 aromatic carbocycles. The van der Waals surface area contributed by atoms with Crippen LogP contribution in [0.5, 0.6) is 0 Å². The Labute approximate surface area is 107 Å². The number of rotatable bonds is 4. The summed E-state index contributed by atoms with van der Waals surface area (Å²) in [5.74, 6) is 0.336. The number of hydrogen-bond acceptors (Lipinski definition) is 3. The van der Waals surface area contributed by atoms with Crippen LogP contribution in [0.1, 0.15) is 42.4 Å². The van der Waals surface area contributed by atoms with Crippen LogP contribution >= 0.6 is 0 Å². The number of amides is 1. The first-order valence-corrected chi connectivity index (χ1v) is 6.49. The number of carbonyl (C=O) groups is 1. The molecule has 0 saturated heterocycles. The molecule has 1 saturated carbocycles. The minimum absolute atomic E-state index is 0.0688. The van der Waals surface area contributed by atoms with Crippen LogP contribution < -0.4 is 5.32 Å². The van der Waals surface area contributed by atoms with Crippen molar-refractivity contribution in [3.8, 4) is 0 Å². The van der Waals surface area contributed by atoms with Crippen molar-refractivity contribution in [1.82, 2.24) is 14.9 Å². The zero-order valence-electron chi connectivity index (χ0n) is 11.2. The van der Waals surface area contributed by atoms with Gasteiger partial charge in [-0.3, -0.25) is 4.79 Å². The summed E-state index contributed by atoms with van der Waals surface area (Å²) < 4.78 is 1.74. The molecule has 0 spiro atoms. The van der Waals surface area contributed by atoms with Gasteiger partial charge >= 0.3 is 0 Å². The number of nitrogens with zero attached hydrogens (tertiary/aromatic N) is 2. The molecule has 0 radical (unpaired) electrons. The van der Waals surface area contributed by atoms with Gasteiger partial charge in [0.25, 0.3) is 5.91 Å². The van der Waals surface area contributed by atoms with Gasteiger partial charge in [-0.15, -0.1) is 0 Å². The van der Waals surface area contributed by atoms with Gasteiger partial charge in [0, 0.05) is 13.1 Å². The van der Waals surface area contributed by atoms with Crippen molar-refractivity contribution in [1.29, 1.82) is 0 Å². The van der Waals surface area contributed by atoms with Crippen molar-refractivity contribution in [2.24, 2.45) is 13.0 Å². The summed E-state index contributed by atoms with van der Waals surface area (Å²) in [4.78, 5) is 16.3. The second-order valence-electron chi connectivity index (χ2n) is 5.16. The Morgan fingerprint density at radius 2 is 2.33 bits per heavy atom. The highest BCUT2D eigenvalue weighted by atomic mass is 16.3. The maximum atomic E-state index is 12.2. The number of aliphatic hydroxyl groups is 1. The highest BCUT2D eigenvalue weighted by Crippen LogP contribution is 2.31. The second-order valence-corrected chi connectivity index (χ2v) is 5.16. The quantitative estimate of drug-likeness (QED) is 0.839. The molecule has 2 rings (SSSR count). The summed E-state index contributed by atoms with van der Waals surface area (Å²) >= 11 is 0. The summed E-state index contributed by atoms with van der Waals surface area (Å²) in [5.41, 5.74) is 1.37. The molecule has 100 valence electrons. The number of hydrogen-bond donors (Lipinski definition) is 2. The number of aromatic nitrogens is 2. The van der Waals surface area contributed by atoms with Crippen molar-refractivity contribution < 1.29 is 9.90 Å². The summed E-state index contributed by atoms with van der Waals surface area (Å²) in [6, 6.07) is 0.148. The predicted octanol–water partition coefficient (Wildman–Crippen LogP) is 1.01. The highest BCUT2D eigenvalue weighted by Gasteiger charge is 2.34. The van der Waals surface area contributed by atoms with Crippen molar-refractivity contribution in [2.45, 2.75) is 45.3 Å². The van der Waals surface area contributed by atoms with Crippen LogP contribution in [0, 0.1) is 12.8 Å². The van der Waals surface area contributed by atoms with Crippen molar-refractivity contribution in [3.63, 3.8) is 0 Å². The molecule has 18 heavy (non-hydrogen) atoms. The average molecular weight is 251 g/mol. The van der Waals surface area contributed by atoms with Crippen LogP contribution in [0.15, 0.2) is 6.33 Å². The van der Waals surface area contributed by atoms with E-state index < -0.39 is 0 Å². The van der Waals surface area contributed by atoms with E-state index in [-0.39, 0.29) is 18.1 Å². The van der Waals surface area contributed by atoms with Crippen LogP contribution in [0.2, 0.25) is 0 Å². The van der Waals surface area contributed by atoms with Crippen LogP contribution in [-0.2, 0) is 7.05 Å². The van der Waals surface area contributed by atoms with E-state index in [2.05, 4.69) is 17.2 Å². The van der Waals surface area contributed by atoms with Crippen LogP contribution in [-0.4, -0.2) is 32.7 Å². The molecule has 2 N–H and O–H groups in total. The molecular weight excluding hydrogens is 230 g/mol. The van der Waals surface area contributed by atoms with Crippen LogP contribution in [0.3, 0.4) is 0 Å². The summed E-state index contributed by atoms with van der Waals surface area (Å²) in [5, 5.41) is 12.4. The molecule has 0 unspecified atom stereocenters. The first-order chi connectivity index (χ1) is 8.52. The fourth-order valence-corrected chi connectivity index (χ4v) is 2.62. The standard InChI is InChI=1S/C13H21N3O2/c1-4-11(9-5-10(17)6-9)15-13(18)12-8(2)14-7-16(12)3/h7,9-11,17H,4-6H2,1-3H3,(H,15,18)/t9?,10?,11-/m0/s1. The minimum Gasteiger partial charge on any atom is -0.393 e. The maximum absolute atomic E-state index is 12.2. The predicted molar refractivity (Wildman–Crippen MR) is 68.2 cm³/mol. The first-order valence-electron chi connectivity index (χ1n) is 6.49. The molecule has 1 fully saturated rings. The first kappa shape index (κ1) is 13.1. The van der Waals surface area contributed by atoms with Gasteiger partial charge in [0.15, 0.2) is 0 Å². The smallest absolute Gasteiger partial charge is 0.270 e. The lowest BCUT2D eigenvalue weighted by molar-refractivity contribution is 0.0231. The van der Waals surface area contributed by atoms with E-state index in [1.807, 2.05) is 14.0 Å². The zero-order chi connectivity index (χ0) is 13.3. The molecule has 1 aliphatic rings. The number of nitrogens with one attached hydrogen (secondary N) is 1. The van der Waals surface area contributed by atoms with Crippen LogP contribution in [0.4, 0.5) is 0 Å². The SMILES string of the molecule is CC[C@H](NC(=O)c1c(C)ncn1C)C1CC(O)C1. The van der Waals surface area contributed by atoms with Gasteiger partial charge in [0.1, 0.15) is 5.69 Å². The maximum Gasteiger partial charge on any atom is 0.270 e. The third-order valence-electron chi connectivity index (χ3n) is 3.81. The van der Waals surface area contributed by atoms with Crippen LogP contribution in [0.25, 0.3) is 0 Å². The van der Waals surface area contributed by atoms with Crippen molar-refractivity contribution in [2.75, 3.05) is 0 Å². The molecule has 1 aliphatic carbocycles. The topological polar surface area (TPSA) is 67.2 Å². The van der Waals surface area contributed by atoms with E-state index in [1.54, 1.807) is 10.9 Å². The average Bonchev–Trinajstić information content (AvgIpc) is 2.62. The fourth-order valence-electron chi connectivity index (χ4n) is 2.62. The van der Waals surface area contributed by atoms with Crippen molar-refractivity contribution in [3.05, 3.63) is 17.7 Å². The number of carbonyl (C=O) groups excluding carboxylic acids is 1. The Bertz CT molecular complexity index is 416. The van der Waals surface area contributed by atoms with Gasteiger partial charge in [-0.2, -0.15) is 0 Å². The molecule has 0 bridgehead atoms. The Morgan fingerprint density at radius 3 is 2.78 bits per heavy atom. The van der Waals surface area contributed by atoms with E-state index in [0.717, 1.165) is 25.0 Å². The Hall–Kier alpha value is -1.36. The van der Waals surface area contributed by atoms with Gasteiger partial charge < -0.3 is 15.0 Å². The number of aliphatic hydroxyl groups excluding tert-OH is 1. The lowest BCUT2D eigenvalue weighted by Gasteiger charge is -2.37. The third kappa shape index (κ3) is 2.41. The summed E-state index contributed by atoms with van der Waals surface area (Å²) in [6.45, 7) is 3.90. The molecule has 1 atom stereocenters. The lowest BCUT2D eigenvalue weighted by atomic mass is 9.76.